The van der Waals surface area contributed by atoms with E-state index >= 15 is 0 Å². The van der Waals surface area contributed by atoms with Crippen molar-refractivity contribution in [2.75, 3.05) is 0 Å². The predicted octanol–water partition coefficient (Wildman–Crippen LogP) is 4.75. The van der Waals surface area contributed by atoms with Crippen molar-refractivity contribution < 1.29 is 0 Å². The van der Waals surface area contributed by atoms with Crippen LogP contribution in [0.1, 0.15) is 49.9 Å². The molecule has 4 rings (SSSR count). The normalized spacial score (nSPS) is 19.0. The van der Waals surface area contributed by atoms with E-state index < -0.39 is 0 Å². The summed E-state index contributed by atoms with van der Waals surface area (Å²) >= 11 is 0. The molecule has 1 unspecified atom stereocenters. The quantitative estimate of drug-likeness (QED) is 0.684. The van der Waals surface area contributed by atoms with E-state index in [0.29, 0.717) is 5.92 Å². The number of hydrogen-bond acceptors (Lipinski definition) is 3. The topological polar surface area (TPSA) is 38.1 Å². The second kappa shape index (κ2) is 5.52. The van der Waals surface area contributed by atoms with Crippen LogP contribution < -0.4 is 0 Å². The summed E-state index contributed by atoms with van der Waals surface area (Å²) in [5.74, 6) is 0.422. The van der Waals surface area contributed by atoms with Crippen molar-refractivity contribution in [1.29, 1.82) is 0 Å². The number of fused-ring (bicyclic) bond motifs is 2. The van der Waals surface area contributed by atoms with Crippen LogP contribution in [0.3, 0.4) is 0 Å². The lowest BCUT2D eigenvalue weighted by molar-refractivity contribution is 0.398. The van der Waals surface area contributed by atoms with Crippen LogP contribution in [-0.2, 0) is 0 Å². The lowest BCUT2D eigenvalue weighted by Gasteiger charge is -2.37. The highest BCUT2D eigenvalue weighted by atomic mass is 15.1. The number of hydrogen-bond donors (Lipinski definition) is 0. The Morgan fingerprint density at radius 3 is 2.54 bits per heavy atom. The zero-order chi connectivity index (χ0) is 16.7. The van der Waals surface area contributed by atoms with Gasteiger partial charge in [-0.3, -0.25) is 4.99 Å². The number of aromatic nitrogens is 2. The summed E-state index contributed by atoms with van der Waals surface area (Å²) in [6.45, 7) is 6.66. The maximum absolute atomic E-state index is 5.10. The molecule has 2 aromatic carbocycles. The summed E-state index contributed by atoms with van der Waals surface area (Å²) < 4.78 is 0. The average Bonchev–Trinajstić information content (AvgIpc) is 2.60. The Labute approximate surface area is 142 Å². The SMILES string of the molecule is CCC1c2ccccc2C(c2cc3ccccc3nn2)=NC1(C)C. The van der Waals surface area contributed by atoms with Gasteiger partial charge in [0.05, 0.1) is 16.8 Å². The lowest BCUT2D eigenvalue weighted by Crippen LogP contribution is -2.34. The van der Waals surface area contributed by atoms with Crippen molar-refractivity contribution in [3.63, 3.8) is 0 Å². The molecule has 0 amide bonds. The van der Waals surface area contributed by atoms with Crippen LogP contribution in [0.25, 0.3) is 10.9 Å². The maximum Gasteiger partial charge on any atom is 0.112 e. The van der Waals surface area contributed by atoms with Gasteiger partial charge >= 0.3 is 0 Å². The first-order valence-corrected chi connectivity index (χ1v) is 8.52. The van der Waals surface area contributed by atoms with Crippen molar-refractivity contribution in [1.82, 2.24) is 10.2 Å². The van der Waals surface area contributed by atoms with Crippen LogP contribution in [0.5, 0.6) is 0 Å². The molecule has 0 spiro atoms. The Bertz CT molecular complexity index is 940. The molecule has 24 heavy (non-hydrogen) atoms. The minimum atomic E-state index is -0.147. The van der Waals surface area contributed by atoms with Gasteiger partial charge in [0.25, 0.3) is 0 Å². The van der Waals surface area contributed by atoms with Crippen molar-refractivity contribution in [2.24, 2.45) is 4.99 Å². The smallest absolute Gasteiger partial charge is 0.112 e. The van der Waals surface area contributed by atoms with E-state index in [0.717, 1.165) is 28.7 Å². The largest absolute Gasteiger partial charge is 0.276 e. The van der Waals surface area contributed by atoms with Gasteiger partial charge in [0.1, 0.15) is 5.69 Å². The third-order valence-corrected chi connectivity index (χ3v) is 4.99. The standard InChI is InChI=1S/C21H21N3/c1-4-17-15-10-6-7-11-16(15)20(22-21(17,2)3)19-13-14-9-5-8-12-18(14)23-24-19/h5-13,17H,4H2,1-3H3. The van der Waals surface area contributed by atoms with Gasteiger partial charge in [0.15, 0.2) is 0 Å². The highest BCUT2D eigenvalue weighted by Crippen LogP contribution is 2.40. The zero-order valence-electron chi connectivity index (χ0n) is 14.3. The second-order valence-corrected chi connectivity index (χ2v) is 6.95. The van der Waals surface area contributed by atoms with E-state index in [1.807, 2.05) is 18.2 Å². The van der Waals surface area contributed by atoms with Crippen LogP contribution in [0.4, 0.5) is 0 Å². The van der Waals surface area contributed by atoms with Crippen LogP contribution in [0.2, 0.25) is 0 Å². The molecule has 3 heteroatoms. The molecule has 2 heterocycles. The Balaban J connectivity index is 1.94. The van der Waals surface area contributed by atoms with Crippen molar-refractivity contribution >= 4 is 16.6 Å². The summed E-state index contributed by atoms with van der Waals surface area (Å²) in [4.78, 5) is 5.10. The highest BCUT2D eigenvalue weighted by molar-refractivity contribution is 6.14. The van der Waals surface area contributed by atoms with Gasteiger partial charge in [-0.2, -0.15) is 0 Å². The number of benzene rings is 2. The van der Waals surface area contributed by atoms with Gasteiger partial charge in [0, 0.05) is 16.9 Å². The molecule has 1 aliphatic heterocycles. The van der Waals surface area contributed by atoms with Crippen molar-refractivity contribution in [3.05, 3.63) is 71.4 Å². The molecule has 0 bridgehead atoms. The van der Waals surface area contributed by atoms with Crippen LogP contribution in [0, 0.1) is 0 Å². The van der Waals surface area contributed by atoms with Crippen LogP contribution in [-0.4, -0.2) is 21.4 Å². The van der Waals surface area contributed by atoms with Gasteiger partial charge in [-0.05, 0) is 38.0 Å². The number of rotatable bonds is 2. The van der Waals surface area contributed by atoms with E-state index in [1.165, 1.54) is 11.1 Å². The number of nitrogens with zero attached hydrogens (tertiary/aromatic N) is 3. The van der Waals surface area contributed by atoms with E-state index in [4.69, 9.17) is 4.99 Å². The van der Waals surface area contributed by atoms with Crippen molar-refractivity contribution in [2.45, 2.75) is 38.6 Å². The second-order valence-electron chi connectivity index (χ2n) is 6.95. The third kappa shape index (κ3) is 2.32. The summed E-state index contributed by atoms with van der Waals surface area (Å²) in [5, 5.41) is 9.95. The summed E-state index contributed by atoms with van der Waals surface area (Å²) in [6.07, 6.45) is 1.07. The first-order chi connectivity index (χ1) is 11.6. The van der Waals surface area contributed by atoms with Gasteiger partial charge in [0.2, 0.25) is 0 Å². The Kier molecular flexibility index (Phi) is 3.45. The fourth-order valence-corrected chi connectivity index (χ4v) is 3.84. The summed E-state index contributed by atoms with van der Waals surface area (Å²) in [5.41, 5.74) is 5.13. The van der Waals surface area contributed by atoms with Gasteiger partial charge in [-0.15, -0.1) is 10.2 Å². The molecule has 0 saturated heterocycles. The minimum absolute atomic E-state index is 0.147. The van der Waals surface area contributed by atoms with Crippen LogP contribution >= 0.6 is 0 Å². The first kappa shape index (κ1) is 15.0. The molecule has 0 radical (unpaired) electrons. The molecular formula is C21H21N3. The Hall–Kier alpha value is -2.55. The Morgan fingerprint density at radius 2 is 1.71 bits per heavy atom. The molecular weight excluding hydrogens is 294 g/mol. The van der Waals surface area contributed by atoms with E-state index in [1.54, 1.807) is 0 Å². The van der Waals surface area contributed by atoms with Gasteiger partial charge < -0.3 is 0 Å². The Morgan fingerprint density at radius 1 is 0.958 bits per heavy atom. The summed E-state index contributed by atoms with van der Waals surface area (Å²) in [7, 11) is 0. The first-order valence-electron chi connectivity index (χ1n) is 8.52. The highest BCUT2D eigenvalue weighted by Gasteiger charge is 2.36. The van der Waals surface area contributed by atoms with E-state index in [-0.39, 0.29) is 5.54 Å². The fourth-order valence-electron chi connectivity index (χ4n) is 3.84. The monoisotopic (exact) mass is 315 g/mol. The fraction of sp³-hybridized carbons (Fsp3) is 0.286. The van der Waals surface area contributed by atoms with Gasteiger partial charge in [-0.1, -0.05) is 49.4 Å². The lowest BCUT2D eigenvalue weighted by atomic mass is 9.75. The third-order valence-electron chi connectivity index (χ3n) is 4.99. The molecule has 0 saturated carbocycles. The molecule has 1 aromatic heterocycles. The summed E-state index contributed by atoms with van der Waals surface area (Å²) in [6, 6.07) is 18.8. The molecule has 120 valence electrons. The van der Waals surface area contributed by atoms with Crippen LogP contribution in [0.15, 0.2) is 59.6 Å². The molecule has 1 atom stereocenters. The predicted molar refractivity (Wildman–Crippen MR) is 98.7 cm³/mol. The average molecular weight is 315 g/mol. The molecule has 0 aliphatic carbocycles. The molecule has 1 aliphatic rings. The molecule has 3 nitrogen and oxygen atoms in total. The minimum Gasteiger partial charge on any atom is -0.276 e. The maximum atomic E-state index is 5.10. The van der Waals surface area contributed by atoms with E-state index in [9.17, 15) is 0 Å². The molecule has 3 aromatic rings. The van der Waals surface area contributed by atoms with E-state index in [2.05, 4.69) is 67.4 Å². The van der Waals surface area contributed by atoms with Crippen molar-refractivity contribution in [3.8, 4) is 0 Å². The molecule has 0 fully saturated rings. The molecule has 0 N–H and O–H groups in total. The van der Waals surface area contributed by atoms with Gasteiger partial charge in [-0.25, -0.2) is 0 Å². The zero-order valence-corrected chi connectivity index (χ0v) is 14.3. The number of aliphatic imine (C=N–C) groups is 1.